The number of nitrogens with zero attached hydrogens (tertiary/aromatic N) is 4. The van der Waals surface area contributed by atoms with Crippen molar-refractivity contribution < 1.29 is 0 Å². The van der Waals surface area contributed by atoms with Crippen molar-refractivity contribution >= 4 is 23.0 Å². The number of hydrogen-bond donors (Lipinski definition) is 0. The Kier molecular flexibility index (Phi) is 5.44. The Morgan fingerprint density at radius 1 is 0.844 bits per heavy atom. The van der Waals surface area contributed by atoms with Crippen molar-refractivity contribution in [1.29, 1.82) is 5.26 Å². The molecule has 0 radical (unpaired) electrons. The number of hydrogen-bond acceptors (Lipinski definition) is 4. The Balaban J connectivity index is 1.59. The summed E-state index contributed by atoms with van der Waals surface area (Å²) in [7, 11) is 0. The lowest BCUT2D eigenvalue weighted by molar-refractivity contribution is 0.884. The molecule has 5 aromatic rings. The highest BCUT2D eigenvalue weighted by Gasteiger charge is 2.14. The second kappa shape index (κ2) is 8.84. The maximum absolute atomic E-state index is 9.93. The van der Waals surface area contributed by atoms with Crippen molar-refractivity contribution in [2.45, 2.75) is 0 Å². The molecule has 0 amide bonds. The maximum atomic E-state index is 9.93. The van der Waals surface area contributed by atoms with Gasteiger partial charge in [0, 0.05) is 28.3 Å². The molecule has 0 aliphatic heterocycles. The molecular weight excluding hydrogens is 412 g/mol. The minimum Gasteiger partial charge on any atom is -0.240 e. The molecule has 5 heteroatoms. The van der Waals surface area contributed by atoms with E-state index in [1.165, 1.54) is 11.3 Å². The predicted octanol–water partition coefficient (Wildman–Crippen LogP) is 6.73. The molecule has 0 aliphatic carbocycles. The zero-order chi connectivity index (χ0) is 21.8. The molecule has 0 spiro atoms. The van der Waals surface area contributed by atoms with E-state index in [0.717, 1.165) is 33.8 Å². The molecule has 5 rings (SSSR count). The van der Waals surface area contributed by atoms with Crippen molar-refractivity contribution in [3.05, 3.63) is 113 Å². The van der Waals surface area contributed by atoms with Gasteiger partial charge < -0.3 is 0 Å². The van der Waals surface area contributed by atoms with Gasteiger partial charge in [0.25, 0.3) is 0 Å². The summed E-state index contributed by atoms with van der Waals surface area (Å²) in [4.78, 5) is 4.72. The summed E-state index contributed by atoms with van der Waals surface area (Å²) in [6.07, 6.45) is 3.84. The molecular formula is C27H18N4S. The lowest BCUT2D eigenvalue weighted by Crippen LogP contribution is -1.93. The minimum absolute atomic E-state index is 0.516. The number of benzene rings is 3. The van der Waals surface area contributed by atoms with E-state index in [0.29, 0.717) is 10.6 Å². The summed E-state index contributed by atoms with van der Waals surface area (Å²) in [5.74, 6) is 0. The molecule has 4 nitrogen and oxygen atoms in total. The molecule has 0 atom stereocenters. The smallest absolute Gasteiger partial charge is 0.134 e. The Hall–Kier alpha value is -4.27. The zero-order valence-electron chi connectivity index (χ0n) is 17.1. The van der Waals surface area contributed by atoms with Crippen LogP contribution in [0.25, 0.3) is 39.9 Å². The fourth-order valence-electron chi connectivity index (χ4n) is 3.46. The molecule has 152 valence electrons. The van der Waals surface area contributed by atoms with E-state index in [-0.39, 0.29) is 0 Å². The highest BCUT2D eigenvalue weighted by molar-refractivity contribution is 7.11. The normalized spacial score (nSPS) is 11.3. The first-order valence-electron chi connectivity index (χ1n) is 10.2. The third-order valence-corrected chi connectivity index (χ3v) is 5.91. The summed E-state index contributed by atoms with van der Waals surface area (Å²) >= 11 is 1.47. The SMILES string of the molecule is N#CC(=Cc1cn(-c2ccccc2)nc1-c1ccccc1)c1nc(-c2ccccc2)cs1. The van der Waals surface area contributed by atoms with Gasteiger partial charge >= 0.3 is 0 Å². The summed E-state index contributed by atoms with van der Waals surface area (Å²) in [5.41, 5.74) is 6.07. The molecule has 0 saturated carbocycles. The van der Waals surface area contributed by atoms with Crippen LogP contribution < -0.4 is 0 Å². The molecule has 0 saturated heterocycles. The van der Waals surface area contributed by atoms with Crippen LogP contribution in [0.3, 0.4) is 0 Å². The Bertz CT molecular complexity index is 1410. The van der Waals surface area contributed by atoms with Crippen LogP contribution in [0.2, 0.25) is 0 Å². The monoisotopic (exact) mass is 430 g/mol. The zero-order valence-corrected chi connectivity index (χ0v) is 17.9. The first-order chi connectivity index (χ1) is 15.8. The van der Waals surface area contributed by atoms with Crippen LogP contribution >= 0.6 is 11.3 Å². The van der Waals surface area contributed by atoms with E-state index in [2.05, 4.69) is 6.07 Å². The number of thiazole rings is 1. The Labute approximate surface area is 190 Å². The van der Waals surface area contributed by atoms with Crippen LogP contribution in [0.1, 0.15) is 10.6 Å². The van der Waals surface area contributed by atoms with Crippen LogP contribution in [0.15, 0.2) is 103 Å². The third-order valence-electron chi connectivity index (χ3n) is 5.03. The molecule has 0 fully saturated rings. The van der Waals surface area contributed by atoms with Crippen LogP contribution in [0.5, 0.6) is 0 Å². The average molecular weight is 431 g/mol. The molecule has 0 N–H and O–H groups in total. The van der Waals surface area contributed by atoms with Crippen molar-refractivity contribution in [2.75, 3.05) is 0 Å². The maximum Gasteiger partial charge on any atom is 0.134 e. The first kappa shape index (κ1) is 19.7. The Morgan fingerprint density at radius 3 is 2.12 bits per heavy atom. The summed E-state index contributed by atoms with van der Waals surface area (Å²) in [5, 5.41) is 17.4. The standard InChI is InChI=1S/C27H18N4S/c28-17-22(27-29-25(19-32-27)20-10-4-1-5-11-20)16-23-18-31(24-14-8-3-9-15-24)30-26(23)21-12-6-2-7-13-21/h1-16,18-19H. The quantitative estimate of drug-likeness (QED) is 0.291. The van der Waals surface area contributed by atoms with Gasteiger partial charge in [-0.05, 0) is 18.2 Å². The van der Waals surface area contributed by atoms with E-state index < -0.39 is 0 Å². The van der Waals surface area contributed by atoms with Gasteiger partial charge in [0.2, 0.25) is 0 Å². The topological polar surface area (TPSA) is 54.5 Å². The average Bonchev–Trinajstić information content (AvgIpc) is 3.52. The van der Waals surface area contributed by atoms with Crippen LogP contribution in [-0.2, 0) is 0 Å². The highest BCUT2D eigenvalue weighted by atomic mass is 32.1. The number of para-hydroxylation sites is 1. The summed E-state index contributed by atoms with van der Waals surface area (Å²) < 4.78 is 1.85. The molecule has 32 heavy (non-hydrogen) atoms. The van der Waals surface area contributed by atoms with E-state index in [9.17, 15) is 5.26 Å². The summed E-state index contributed by atoms with van der Waals surface area (Å²) in [6, 6.07) is 32.3. The van der Waals surface area contributed by atoms with Crippen molar-refractivity contribution in [3.63, 3.8) is 0 Å². The largest absolute Gasteiger partial charge is 0.240 e. The number of allylic oxidation sites excluding steroid dienone is 1. The first-order valence-corrected chi connectivity index (χ1v) is 11.0. The van der Waals surface area contributed by atoms with Gasteiger partial charge in [-0.25, -0.2) is 9.67 Å². The van der Waals surface area contributed by atoms with Gasteiger partial charge in [-0.15, -0.1) is 11.3 Å². The predicted molar refractivity (Wildman–Crippen MR) is 130 cm³/mol. The van der Waals surface area contributed by atoms with Gasteiger partial charge in [0.15, 0.2) is 0 Å². The lowest BCUT2D eigenvalue weighted by Gasteiger charge is -2.00. The number of nitriles is 1. The van der Waals surface area contributed by atoms with Gasteiger partial charge in [0.1, 0.15) is 11.1 Å². The van der Waals surface area contributed by atoms with E-state index in [1.54, 1.807) is 0 Å². The fourth-order valence-corrected chi connectivity index (χ4v) is 4.26. The third kappa shape index (κ3) is 4.00. The lowest BCUT2D eigenvalue weighted by atomic mass is 10.1. The van der Waals surface area contributed by atoms with Crippen LogP contribution in [0.4, 0.5) is 0 Å². The second-order valence-corrected chi connectivity index (χ2v) is 8.01. The van der Waals surface area contributed by atoms with Gasteiger partial charge in [-0.2, -0.15) is 10.4 Å². The minimum atomic E-state index is 0.516. The van der Waals surface area contributed by atoms with E-state index >= 15 is 0 Å². The molecule has 2 heterocycles. The van der Waals surface area contributed by atoms with Crippen LogP contribution in [-0.4, -0.2) is 14.8 Å². The number of aromatic nitrogens is 3. The van der Waals surface area contributed by atoms with Gasteiger partial charge in [-0.1, -0.05) is 78.9 Å². The molecule has 2 aromatic heterocycles. The van der Waals surface area contributed by atoms with Crippen molar-refractivity contribution in [1.82, 2.24) is 14.8 Å². The fraction of sp³-hybridized carbons (Fsp3) is 0. The number of rotatable bonds is 5. The molecule has 0 aliphatic rings. The highest BCUT2D eigenvalue weighted by Crippen LogP contribution is 2.30. The van der Waals surface area contributed by atoms with Gasteiger partial charge in [0.05, 0.1) is 22.6 Å². The van der Waals surface area contributed by atoms with E-state index in [1.807, 2.05) is 113 Å². The molecule has 0 bridgehead atoms. The van der Waals surface area contributed by atoms with Crippen molar-refractivity contribution in [3.8, 4) is 34.3 Å². The molecule has 3 aromatic carbocycles. The summed E-state index contributed by atoms with van der Waals surface area (Å²) in [6.45, 7) is 0. The second-order valence-electron chi connectivity index (χ2n) is 7.15. The van der Waals surface area contributed by atoms with Gasteiger partial charge in [-0.3, -0.25) is 0 Å². The Morgan fingerprint density at radius 2 is 1.47 bits per heavy atom. The molecule has 0 unspecified atom stereocenters. The van der Waals surface area contributed by atoms with E-state index in [4.69, 9.17) is 10.1 Å². The van der Waals surface area contributed by atoms with Crippen molar-refractivity contribution in [2.24, 2.45) is 0 Å². The van der Waals surface area contributed by atoms with Crippen LogP contribution in [0, 0.1) is 11.3 Å².